The Balaban J connectivity index is 1.43. The number of ether oxygens (including phenoxy) is 3. The minimum absolute atomic E-state index is 0.145. The van der Waals surface area contributed by atoms with Crippen LogP contribution in [0.1, 0.15) is 18.1 Å². The van der Waals surface area contributed by atoms with Crippen molar-refractivity contribution in [3.8, 4) is 11.5 Å². The van der Waals surface area contributed by atoms with Crippen molar-refractivity contribution < 1.29 is 19.0 Å². The van der Waals surface area contributed by atoms with Gasteiger partial charge in [-0.05, 0) is 42.3 Å². The minimum Gasteiger partial charge on any atom is -0.497 e. The number of amides is 1. The predicted octanol–water partition coefficient (Wildman–Crippen LogP) is 2.61. The van der Waals surface area contributed by atoms with Gasteiger partial charge in [-0.2, -0.15) is 0 Å². The summed E-state index contributed by atoms with van der Waals surface area (Å²) < 4.78 is 16.2. The number of hydrogen-bond acceptors (Lipinski definition) is 5. The number of rotatable bonds is 8. The van der Waals surface area contributed by atoms with Crippen LogP contribution in [0.4, 0.5) is 0 Å². The molecule has 3 rings (SSSR count). The number of hydrogen-bond donors (Lipinski definition) is 1. The molecule has 0 saturated carbocycles. The van der Waals surface area contributed by atoms with Crippen LogP contribution in [0.5, 0.6) is 11.5 Å². The molecule has 1 amide bonds. The number of morpholine rings is 1. The Morgan fingerprint density at radius 1 is 1.04 bits per heavy atom. The van der Waals surface area contributed by atoms with E-state index in [0.717, 1.165) is 44.2 Å². The third kappa shape index (κ3) is 5.97. The largest absolute Gasteiger partial charge is 0.497 e. The second kappa shape index (κ2) is 10.1. The summed E-state index contributed by atoms with van der Waals surface area (Å²) in [5.41, 5.74) is 2.34. The standard InChI is InChI=1S/C22H28N2O4/c1-17(28-21-9-7-20(26-2)8-10-21)22(25)23-15-18-3-5-19(6-4-18)16-24-11-13-27-14-12-24/h3-10,17H,11-16H2,1-2H3,(H,23,25). The van der Waals surface area contributed by atoms with Crippen molar-refractivity contribution in [3.05, 3.63) is 59.7 Å². The fourth-order valence-corrected chi connectivity index (χ4v) is 3.02. The monoisotopic (exact) mass is 384 g/mol. The average Bonchev–Trinajstić information content (AvgIpc) is 2.74. The summed E-state index contributed by atoms with van der Waals surface area (Å²) in [4.78, 5) is 14.7. The van der Waals surface area contributed by atoms with Crippen molar-refractivity contribution in [1.82, 2.24) is 10.2 Å². The Kier molecular flexibility index (Phi) is 7.28. The molecule has 0 bridgehead atoms. The van der Waals surface area contributed by atoms with Crippen molar-refractivity contribution in [2.24, 2.45) is 0 Å². The molecule has 28 heavy (non-hydrogen) atoms. The fourth-order valence-electron chi connectivity index (χ4n) is 3.02. The Morgan fingerprint density at radius 3 is 2.29 bits per heavy atom. The summed E-state index contributed by atoms with van der Waals surface area (Å²) in [7, 11) is 1.61. The lowest BCUT2D eigenvalue weighted by atomic mass is 10.1. The number of nitrogens with zero attached hydrogens (tertiary/aromatic N) is 1. The van der Waals surface area contributed by atoms with Crippen molar-refractivity contribution >= 4 is 5.91 Å². The normalized spacial score (nSPS) is 15.6. The van der Waals surface area contributed by atoms with E-state index in [9.17, 15) is 4.79 Å². The maximum absolute atomic E-state index is 12.3. The third-order valence-electron chi connectivity index (χ3n) is 4.74. The topological polar surface area (TPSA) is 60.0 Å². The van der Waals surface area contributed by atoms with E-state index >= 15 is 0 Å². The first-order chi connectivity index (χ1) is 13.6. The van der Waals surface area contributed by atoms with Gasteiger partial charge in [0.2, 0.25) is 0 Å². The van der Waals surface area contributed by atoms with E-state index in [1.165, 1.54) is 5.56 Å². The van der Waals surface area contributed by atoms with Crippen LogP contribution < -0.4 is 14.8 Å². The van der Waals surface area contributed by atoms with Crippen LogP contribution in [0.2, 0.25) is 0 Å². The lowest BCUT2D eigenvalue weighted by molar-refractivity contribution is -0.127. The second-order valence-electron chi connectivity index (χ2n) is 6.86. The lowest BCUT2D eigenvalue weighted by Crippen LogP contribution is -2.36. The van der Waals surface area contributed by atoms with Gasteiger partial charge in [0.1, 0.15) is 11.5 Å². The van der Waals surface area contributed by atoms with Gasteiger partial charge in [0.05, 0.1) is 20.3 Å². The molecule has 0 aliphatic carbocycles. The van der Waals surface area contributed by atoms with E-state index in [-0.39, 0.29) is 5.91 Å². The van der Waals surface area contributed by atoms with Crippen molar-refractivity contribution in [2.45, 2.75) is 26.1 Å². The molecule has 150 valence electrons. The zero-order chi connectivity index (χ0) is 19.8. The van der Waals surface area contributed by atoms with Crippen LogP contribution in [0.15, 0.2) is 48.5 Å². The maximum atomic E-state index is 12.3. The van der Waals surface area contributed by atoms with E-state index in [4.69, 9.17) is 14.2 Å². The quantitative estimate of drug-likeness (QED) is 0.758. The Hall–Kier alpha value is -2.57. The Labute approximate surface area is 166 Å². The molecule has 0 radical (unpaired) electrons. The van der Waals surface area contributed by atoms with Crippen molar-refractivity contribution in [3.63, 3.8) is 0 Å². The highest BCUT2D eigenvalue weighted by Crippen LogP contribution is 2.18. The molecule has 1 aliphatic heterocycles. The smallest absolute Gasteiger partial charge is 0.261 e. The number of methoxy groups -OCH3 is 1. The second-order valence-corrected chi connectivity index (χ2v) is 6.86. The van der Waals surface area contributed by atoms with Crippen molar-refractivity contribution in [1.29, 1.82) is 0 Å². The van der Waals surface area contributed by atoms with Crippen LogP contribution in [-0.2, 0) is 22.6 Å². The molecule has 0 spiro atoms. The third-order valence-corrected chi connectivity index (χ3v) is 4.74. The van der Waals surface area contributed by atoms with Gasteiger partial charge in [0.25, 0.3) is 5.91 Å². The summed E-state index contributed by atoms with van der Waals surface area (Å²) in [5.74, 6) is 1.24. The zero-order valence-corrected chi connectivity index (χ0v) is 16.5. The van der Waals surface area contributed by atoms with Crippen LogP contribution in [0.25, 0.3) is 0 Å². The molecular formula is C22H28N2O4. The number of carbonyl (C=O) groups is 1. The Morgan fingerprint density at radius 2 is 1.64 bits per heavy atom. The maximum Gasteiger partial charge on any atom is 0.261 e. The molecule has 0 aromatic heterocycles. The number of benzene rings is 2. The highest BCUT2D eigenvalue weighted by molar-refractivity contribution is 5.80. The summed E-state index contributed by atoms with van der Waals surface area (Å²) in [6.07, 6.45) is -0.575. The SMILES string of the molecule is COc1ccc(OC(C)C(=O)NCc2ccc(CN3CCOCC3)cc2)cc1. The molecule has 6 heteroatoms. The van der Waals surface area contributed by atoms with Crippen LogP contribution in [0, 0.1) is 0 Å². The first kappa shape index (κ1) is 20.2. The summed E-state index contributed by atoms with van der Waals surface area (Å²) >= 11 is 0. The molecule has 1 aliphatic rings. The minimum atomic E-state index is -0.575. The lowest BCUT2D eigenvalue weighted by Gasteiger charge is -2.26. The summed E-state index contributed by atoms with van der Waals surface area (Å²) in [5, 5.41) is 2.93. The fraction of sp³-hybridized carbons (Fsp3) is 0.409. The van der Waals surface area contributed by atoms with E-state index in [1.807, 2.05) is 0 Å². The molecule has 2 aromatic rings. The number of carbonyl (C=O) groups excluding carboxylic acids is 1. The molecule has 1 saturated heterocycles. The molecular weight excluding hydrogens is 356 g/mol. The summed E-state index contributed by atoms with van der Waals surface area (Å²) in [6, 6.07) is 15.5. The highest BCUT2D eigenvalue weighted by Gasteiger charge is 2.14. The van der Waals surface area contributed by atoms with Gasteiger partial charge in [-0.25, -0.2) is 0 Å². The van der Waals surface area contributed by atoms with Gasteiger partial charge in [-0.3, -0.25) is 9.69 Å². The van der Waals surface area contributed by atoms with Gasteiger partial charge in [0, 0.05) is 26.2 Å². The first-order valence-electron chi connectivity index (χ1n) is 9.60. The summed E-state index contributed by atoms with van der Waals surface area (Å²) in [6.45, 7) is 6.72. The van der Waals surface area contributed by atoms with E-state index in [2.05, 4.69) is 34.5 Å². The van der Waals surface area contributed by atoms with E-state index < -0.39 is 6.10 Å². The van der Waals surface area contributed by atoms with E-state index in [1.54, 1.807) is 38.3 Å². The van der Waals surface area contributed by atoms with Gasteiger partial charge in [-0.15, -0.1) is 0 Å². The molecule has 1 N–H and O–H groups in total. The average molecular weight is 384 g/mol. The predicted molar refractivity (Wildman–Crippen MR) is 107 cm³/mol. The molecule has 1 unspecified atom stereocenters. The van der Waals surface area contributed by atoms with Gasteiger partial charge in [0.15, 0.2) is 6.10 Å². The van der Waals surface area contributed by atoms with Crippen LogP contribution >= 0.6 is 0 Å². The van der Waals surface area contributed by atoms with E-state index in [0.29, 0.717) is 12.3 Å². The molecule has 1 fully saturated rings. The van der Waals surface area contributed by atoms with Gasteiger partial charge in [-0.1, -0.05) is 24.3 Å². The Bertz CT molecular complexity index is 740. The molecule has 6 nitrogen and oxygen atoms in total. The zero-order valence-electron chi connectivity index (χ0n) is 16.5. The highest BCUT2D eigenvalue weighted by atomic mass is 16.5. The van der Waals surface area contributed by atoms with Crippen LogP contribution in [-0.4, -0.2) is 50.3 Å². The van der Waals surface area contributed by atoms with Gasteiger partial charge >= 0.3 is 0 Å². The van der Waals surface area contributed by atoms with Gasteiger partial charge < -0.3 is 19.5 Å². The van der Waals surface area contributed by atoms with Crippen molar-refractivity contribution in [2.75, 3.05) is 33.4 Å². The number of nitrogens with one attached hydrogen (secondary N) is 1. The molecule has 1 atom stereocenters. The molecule has 2 aromatic carbocycles. The van der Waals surface area contributed by atoms with Crippen LogP contribution in [0.3, 0.4) is 0 Å². The molecule has 1 heterocycles. The first-order valence-corrected chi connectivity index (χ1v) is 9.60.